The molecule has 4 aromatic carbocycles. The molecule has 8 nitrogen and oxygen atoms in total. The molecule has 0 saturated carbocycles. The molecule has 0 aliphatic rings. The second-order valence-corrected chi connectivity index (χ2v) is 12.3. The highest BCUT2D eigenvalue weighted by Crippen LogP contribution is 2.34. The number of nitrogens with zero attached hydrogens (tertiary/aromatic N) is 2. The monoisotopic (exact) mass is 731 g/mol. The Bertz CT molecular complexity index is 1800. The zero-order valence-electron chi connectivity index (χ0n) is 23.7. The van der Waals surface area contributed by atoms with Crippen molar-refractivity contribution in [3.8, 4) is 17.0 Å². The summed E-state index contributed by atoms with van der Waals surface area (Å²) in [5.41, 5.74) is 9.39. The van der Waals surface area contributed by atoms with Crippen LogP contribution < -0.4 is 20.8 Å². The first-order valence-corrected chi connectivity index (χ1v) is 15.9. The van der Waals surface area contributed by atoms with E-state index < -0.39 is 0 Å². The van der Waals surface area contributed by atoms with Crippen LogP contribution in [0.1, 0.15) is 27.0 Å². The summed E-state index contributed by atoms with van der Waals surface area (Å²) in [4.78, 5) is 29.7. The number of ether oxygens (including phenoxy) is 1. The van der Waals surface area contributed by atoms with Gasteiger partial charge in [-0.1, -0.05) is 36.4 Å². The van der Waals surface area contributed by atoms with E-state index in [1.807, 2.05) is 79.9 Å². The molecule has 0 aliphatic heterocycles. The van der Waals surface area contributed by atoms with Gasteiger partial charge in [0.25, 0.3) is 11.8 Å². The van der Waals surface area contributed by atoms with E-state index >= 15 is 0 Å². The second kappa shape index (κ2) is 14.4. The summed E-state index contributed by atoms with van der Waals surface area (Å²) in [6, 6.07) is 26.3. The van der Waals surface area contributed by atoms with Crippen LogP contribution in [0.25, 0.3) is 11.3 Å². The topological polar surface area (TPSA) is 105 Å². The van der Waals surface area contributed by atoms with Crippen molar-refractivity contribution in [3.63, 3.8) is 0 Å². The van der Waals surface area contributed by atoms with Gasteiger partial charge in [-0.05, 0) is 111 Å². The number of para-hydroxylation sites is 1. The number of anilines is 3. The molecule has 0 bridgehead atoms. The van der Waals surface area contributed by atoms with Gasteiger partial charge in [0.15, 0.2) is 11.7 Å². The number of thiazole rings is 1. The molecule has 1 heterocycles. The van der Waals surface area contributed by atoms with E-state index in [-0.39, 0.29) is 18.4 Å². The van der Waals surface area contributed by atoms with Gasteiger partial charge in [0.1, 0.15) is 5.75 Å². The van der Waals surface area contributed by atoms with Gasteiger partial charge in [-0.3, -0.25) is 9.59 Å². The molecule has 1 aromatic heterocycles. The van der Waals surface area contributed by atoms with Crippen LogP contribution in [0.5, 0.6) is 5.75 Å². The van der Waals surface area contributed by atoms with Gasteiger partial charge in [0.2, 0.25) is 0 Å². The van der Waals surface area contributed by atoms with Crippen LogP contribution in [0.15, 0.2) is 104 Å². The van der Waals surface area contributed by atoms with Crippen molar-refractivity contribution >= 4 is 77.7 Å². The largest absolute Gasteiger partial charge is 0.481 e. The summed E-state index contributed by atoms with van der Waals surface area (Å²) < 4.78 is 7.00. The standard InChI is InChI=1S/C33H27Br2N5O3S/c1-20-8-13-26(14-21(20)2)37-30(41)18-43-31-27(34)15-22(16-28(31)35)17-36-40-32(42)24-11-9-23(10-12-24)29-19-44-33(39-29)38-25-6-4-3-5-7-25/h3-17,19H,18H2,1-2H3,(H,37,41)(H,38,39)(H,40,42)/b36-17+. The first-order valence-electron chi connectivity index (χ1n) is 13.5. The fourth-order valence-corrected chi connectivity index (χ4v) is 6.27. The quantitative estimate of drug-likeness (QED) is 0.0987. The molecule has 5 rings (SSSR count). The van der Waals surface area contributed by atoms with E-state index in [0.29, 0.717) is 25.8 Å². The zero-order chi connectivity index (χ0) is 31.1. The summed E-state index contributed by atoms with van der Waals surface area (Å²) in [5, 5.41) is 13.0. The Kier molecular flexibility index (Phi) is 10.2. The van der Waals surface area contributed by atoms with Gasteiger partial charge in [-0.25, -0.2) is 10.4 Å². The number of amides is 2. The van der Waals surface area contributed by atoms with Crippen LogP contribution in [0.2, 0.25) is 0 Å². The Labute approximate surface area is 275 Å². The van der Waals surface area contributed by atoms with Crippen LogP contribution in [0.3, 0.4) is 0 Å². The van der Waals surface area contributed by atoms with Crippen LogP contribution in [0.4, 0.5) is 16.5 Å². The first kappa shape index (κ1) is 31.1. The second-order valence-electron chi connectivity index (χ2n) is 9.75. The van der Waals surface area contributed by atoms with Crippen molar-refractivity contribution in [1.29, 1.82) is 0 Å². The predicted molar refractivity (Wildman–Crippen MR) is 184 cm³/mol. The van der Waals surface area contributed by atoms with Gasteiger partial charge >= 0.3 is 0 Å². The minimum atomic E-state index is -0.342. The average Bonchev–Trinajstić information content (AvgIpc) is 3.47. The number of aryl methyl sites for hydroxylation is 2. The highest BCUT2D eigenvalue weighted by atomic mass is 79.9. The zero-order valence-corrected chi connectivity index (χ0v) is 27.7. The van der Waals surface area contributed by atoms with Crippen molar-refractivity contribution < 1.29 is 14.3 Å². The molecule has 0 aliphatic carbocycles. The molecule has 2 amide bonds. The van der Waals surface area contributed by atoms with Crippen molar-refractivity contribution in [2.75, 3.05) is 17.2 Å². The summed E-state index contributed by atoms with van der Waals surface area (Å²) in [6.45, 7) is 3.85. The van der Waals surface area contributed by atoms with E-state index in [9.17, 15) is 9.59 Å². The van der Waals surface area contributed by atoms with E-state index in [1.165, 1.54) is 17.6 Å². The lowest BCUT2D eigenvalue weighted by Crippen LogP contribution is -2.20. The van der Waals surface area contributed by atoms with Crippen molar-refractivity contribution in [2.45, 2.75) is 13.8 Å². The summed E-state index contributed by atoms with van der Waals surface area (Å²) in [5.74, 6) is -0.139. The molecule has 0 saturated heterocycles. The maximum Gasteiger partial charge on any atom is 0.271 e. The predicted octanol–water partition coefficient (Wildman–Crippen LogP) is 8.48. The lowest BCUT2D eigenvalue weighted by molar-refractivity contribution is -0.118. The third-order valence-electron chi connectivity index (χ3n) is 6.51. The number of carbonyl (C=O) groups excluding carboxylic acids is 2. The number of hydrogen-bond acceptors (Lipinski definition) is 7. The highest BCUT2D eigenvalue weighted by molar-refractivity contribution is 9.11. The molecular formula is C33H27Br2N5O3S. The van der Waals surface area contributed by atoms with Crippen molar-refractivity contribution in [2.24, 2.45) is 5.10 Å². The van der Waals surface area contributed by atoms with Gasteiger partial charge in [-0.2, -0.15) is 5.10 Å². The third-order valence-corrected chi connectivity index (χ3v) is 8.45. The van der Waals surface area contributed by atoms with Crippen molar-refractivity contribution in [3.05, 3.63) is 122 Å². The van der Waals surface area contributed by atoms with Gasteiger partial charge in [0, 0.05) is 27.9 Å². The molecule has 5 aromatic rings. The molecule has 222 valence electrons. The number of benzene rings is 4. The van der Waals surface area contributed by atoms with E-state index in [2.05, 4.69) is 58.0 Å². The SMILES string of the molecule is Cc1ccc(NC(=O)COc2c(Br)cc(/C=N/NC(=O)c3ccc(-c4csc(Nc5ccccc5)n4)cc3)cc2Br)cc1C. The van der Waals surface area contributed by atoms with Gasteiger partial charge < -0.3 is 15.4 Å². The summed E-state index contributed by atoms with van der Waals surface area (Å²) >= 11 is 8.49. The molecule has 3 N–H and O–H groups in total. The fourth-order valence-electron chi connectivity index (χ4n) is 4.08. The highest BCUT2D eigenvalue weighted by Gasteiger charge is 2.12. The number of carbonyl (C=O) groups is 2. The smallest absolute Gasteiger partial charge is 0.271 e. The summed E-state index contributed by atoms with van der Waals surface area (Å²) in [6.07, 6.45) is 1.52. The molecular weight excluding hydrogens is 706 g/mol. The number of nitrogens with one attached hydrogen (secondary N) is 3. The number of hydrazone groups is 1. The molecule has 0 spiro atoms. The maximum atomic E-state index is 12.7. The fraction of sp³-hybridized carbons (Fsp3) is 0.0909. The lowest BCUT2D eigenvalue weighted by atomic mass is 10.1. The van der Waals surface area contributed by atoms with Crippen molar-refractivity contribution in [1.82, 2.24) is 10.4 Å². The lowest BCUT2D eigenvalue weighted by Gasteiger charge is -2.12. The third kappa shape index (κ3) is 8.19. The van der Waals surface area contributed by atoms with Crippen LogP contribution >= 0.6 is 43.2 Å². The summed E-state index contributed by atoms with van der Waals surface area (Å²) in [7, 11) is 0. The Morgan fingerprint density at radius 2 is 1.64 bits per heavy atom. The van der Waals surface area contributed by atoms with E-state index in [1.54, 1.807) is 24.3 Å². The first-order chi connectivity index (χ1) is 21.2. The molecule has 0 atom stereocenters. The van der Waals surface area contributed by atoms with Crippen LogP contribution in [-0.2, 0) is 4.79 Å². The van der Waals surface area contributed by atoms with E-state index in [4.69, 9.17) is 4.74 Å². The molecule has 11 heteroatoms. The Hall–Kier alpha value is -4.32. The molecule has 44 heavy (non-hydrogen) atoms. The van der Waals surface area contributed by atoms with Crippen LogP contribution in [-0.4, -0.2) is 29.6 Å². The Morgan fingerprint density at radius 3 is 2.34 bits per heavy atom. The van der Waals surface area contributed by atoms with Crippen LogP contribution in [0, 0.1) is 13.8 Å². The maximum absolute atomic E-state index is 12.7. The number of hydrogen-bond donors (Lipinski definition) is 3. The van der Waals surface area contributed by atoms with Gasteiger partial charge in [-0.15, -0.1) is 11.3 Å². The molecule has 0 radical (unpaired) electrons. The number of halogens is 2. The minimum Gasteiger partial charge on any atom is -0.481 e. The Balaban J connectivity index is 1.13. The number of aromatic nitrogens is 1. The average molecular weight is 733 g/mol. The number of rotatable bonds is 10. The minimum absolute atomic E-state index is 0.166. The normalized spacial score (nSPS) is 10.9. The van der Waals surface area contributed by atoms with E-state index in [0.717, 1.165) is 38.9 Å². The van der Waals surface area contributed by atoms with Gasteiger partial charge in [0.05, 0.1) is 20.9 Å². The Morgan fingerprint density at radius 1 is 0.909 bits per heavy atom. The molecule has 0 fully saturated rings. The molecule has 0 unspecified atom stereocenters.